The number of benzene rings is 1. The Morgan fingerprint density at radius 3 is 2.18 bits per heavy atom. The molecule has 0 amide bonds. The van der Waals surface area contributed by atoms with Gasteiger partial charge in [0.05, 0.1) is 11.2 Å². The van der Waals surface area contributed by atoms with Crippen LogP contribution < -0.4 is 0 Å². The molecule has 2 rings (SSSR count). The van der Waals surface area contributed by atoms with E-state index in [0.717, 1.165) is 3.57 Å². The van der Waals surface area contributed by atoms with Crippen molar-refractivity contribution in [2.45, 2.75) is 20.0 Å². The Hall–Kier alpha value is -0.850. The van der Waals surface area contributed by atoms with Crippen LogP contribution in [0.2, 0.25) is 0 Å². The lowest BCUT2D eigenvalue weighted by molar-refractivity contribution is 0.469. The van der Waals surface area contributed by atoms with Crippen LogP contribution in [0.4, 0.5) is 13.2 Å². The quantitative estimate of drug-likeness (QED) is 0.754. The predicted octanol–water partition coefficient (Wildman–Crippen LogP) is 4.25. The molecule has 0 aliphatic carbocycles. The normalized spacial score (nSPS) is 11.1. The average Bonchev–Trinajstić information content (AvgIpc) is 2.35. The van der Waals surface area contributed by atoms with Gasteiger partial charge in [0.2, 0.25) is 0 Å². The molecule has 5 heteroatoms. The zero-order valence-corrected chi connectivity index (χ0v) is 11.0. The summed E-state index contributed by atoms with van der Waals surface area (Å²) in [5.74, 6) is 0. The third-order valence-electron chi connectivity index (χ3n) is 2.51. The van der Waals surface area contributed by atoms with Gasteiger partial charge in [-0.2, -0.15) is 0 Å². The van der Waals surface area contributed by atoms with E-state index in [1.165, 1.54) is 6.07 Å². The molecule has 1 heterocycles. The monoisotopic (exact) mass is 351 g/mol. The Morgan fingerprint density at radius 1 is 0.941 bits per heavy atom. The summed E-state index contributed by atoms with van der Waals surface area (Å²) < 4.78 is 39.2. The molecule has 1 aromatic heterocycles. The first-order valence-corrected chi connectivity index (χ1v) is 6.06. The van der Waals surface area contributed by atoms with Gasteiger partial charge in [0.15, 0.2) is 0 Å². The van der Waals surface area contributed by atoms with E-state index in [2.05, 4.69) is 4.98 Å². The van der Waals surface area contributed by atoms with Gasteiger partial charge < -0.3 is 0 Å². The molecule has 0 aliphatic heterocycles. The summed E-state index contributed by atoms with van der Waals surface area (Å²) >= 11 is 2.03. The Kier molecular flexibility index (Phi) is 3.86. The summed E-state index contributed by atoms with van der Waals surface area (Å²) in [5, 5.41) is 0.465. The molecular weight excluding hydrogens is 342 g/mol. The number of fused-ring (bicyclic) bond motifs is 1. The second-order valence-electron chi connectivity index (χ2n) is 3.63. The van der Waals surface area contributed by atoms with Crippen molar-refractivity contribution in [3.63, 3.8) is 0 Å². The van der Waals surface area contributed by atoms with Gasteiger partial charge in [-0.3, -0.25) is 0 Å². The van der Waals surface area contributed by atoms with Crippen molar-refractivity contribution in [3.8, 4) is 0 Å². The maximum absolute atomic E-state index is 12.9. The number of aromatic nitrogens is 1. The SMILES string of the molecule is FCc1cc(CF)c2c(CF)cc(I)cc2n1. The van der Waals surface area contributed by atoms with Crippen LogP contribution in [0, 0.1) is 3.57 Å². The van der Waals surface area contributed by atoms with Crippen LogP contribution in [-0.2, 0) is 20.0 Å². The number of rotatable bonds is 3. The zero-order valence-electron chi connectivity index (χ0n) is 8.81. The molecule has 0 aliphatic rings. The summed E-state index contributed by atoms with van der Waals surface area (Å²) in [6, 6.07) is 4.71. The highest BCUT2D eigenvalue weighted by molar-refractivity contribution is 14.1. The highest BCUT2D eigenvalue weighted by Crippen LogP contribution is 2.27. The number of nitrogens with zero attached hydrogens (tertiary/aromatic N) is 1. The Balaban J connectivity index is 2.83. The van der Waals surface area contributed by atoms with Crippen LogP contribution >= 0.6 is 22.6 Å². The fraction of sp³-hybridized carbons (Fsp3) is 0.250. The van der Waals surface area contributed by atoms with Crippen molar-refractivity contribution in [2.75, 3.05) is 0 Å². The largest absolute Gasteiger partial charge is 0.250 e. The number of alkyl halides is 3. The molecule has 0 fully saturated rings. The van der Waals surface area contributed by atoms with E-state index in [9.17, 15) is 13.2 Å². The molecule has 0 bridgehead atoms. The van der Waals surface area contributed by atoms with Gasteiger partial charge in [-0.1, -0.05) is 0 Å². The molecule has 0 N–H and O–H groups in total. The summed E-state index contributed by atoms with van der Waals surface area (Å²) in [4.78, 5) is 4.06. The van der Waals surface area contributed by atoms with E-state index in [0.29, 0.717) is 22.0 Å². The van der Waals surface area contributed by atoms with E-state index < -0.39 is 20.0 Å². The van der Waals surface area contributed by atoms with E-state index in [1.54, 1.807) is 12.1 Å². The minimum atomic E-state index is -0.751. The first-order chi connectivity index (χ1) is 8.19. The fourth-order valence-electron chi connectivity index (χ4n) is 1.85. The molecule has 90 valence electrons. The van der Waals surface area contributed by atoms with Crippen molar-refractivity contribution in [1.29, 1.82) is 0 Å². The zero-order chi connectivity index (χ0) is 12.4. The minimum Gasteiger partial charge on any atom is -0.250 e. The molecule has 0 spiro atoms. The molecule has 0 radical (unpaired) electrons. The number of hydrogen-bond donors (Lipinski definition) is 0. The molecule has 0 saturated heterocycles. The van der Waals surface area contributed by atoms with Crippen LogP contribution in [0.25, 0.3) is 10.9 Å². The first-order valence-electron chi connectivity index (χ1n) is 4.98. The van der Waals surface area contributed by atoms with Gasteiger partial charge in [-0.25, -0.2) is 18.2 Å². The smallest absolute Gasteiger partial charge is 0.131 e. The van der Waals surface area contributed by atoms with Gasteiger partial charge in [0.25, 0.3) is 0 Å². The van der Waals surface area contributed by atoms with Crippen molar-refractivity contribution >= 4 is 33.5 Å². The molecule has 2 aromatic rings. The highest BCUT2D eigenvalue weighted by Gasteiger charge is 2.11. The van der Waals surface area contributed by atoms with Crippen LogP contribution in [0.15, 0.2) is 18.2 Å². The second kappa shape index (κ2) is 5.20. The molecule has 1 nitrogen and oxygen atoms in total. The lowest BCUT2D eigenvalue weighted by Gasteiger charge is -2.09. The molecular formula is C12H9F3IN. The van der Waals surface area contributed by atoms with Crippen molar-refractivity contribution in [2.24, 2.45) is 0 Å². The van der Waals surface area contributed by atoms with Gasteiger partial charge in [0.1, 0.15) is 20.0 Å². The lowest BCUT2D eigenvalue weighted by Crippen LogP contribution is -1.97. The number of hydrogen-bond acceptors (Lipinski definition) is 1. The molecule has 1 aromatic carbocycles. The maximum atomic E-state index is 12.9. The summed E-state index contributed by atoms with van der Waals surface area (Å²) in [6.45, 7) is -2.18. The van der Waals surface area contributed by atoms with Gasteiger partial charge in [-0.05, 0) is 51.9 Å². The highest BCUT2D eigenvalue weighted by atomic mass is 127. The Bertz CT molecular complexity index is 557. The lowest BCUT2D eigenvalue weighted by atomic mass is 10.0. The third kappa shape index (κ3) is 2.38. The average molecular weight is 351 g/mol. The first kappa shape index (κ1) is 12.6. The Labute approximate surface area is 110 Å². The maximum Gasteiger partial charge on any atom is 0.131 e. The van der Waals surface area contributed by atoms with Crippen LogP contribution in [0.1, 0.15) is 16.8 Å². The van der Waals surface area contributed by atoms with Crippen LogP contribution in [-0.4, -0.2) is 4.98 Å². The van der Waals surface area contributed by atoms with Crippen molar-refractivity contribution in [1.82, 2.24) is 4.98 Å². The summed E-state index contributed by atoms with van der Waals surface area (Å²) in [5.41, 5.74) is 1.33. The van der Waals surface area contributed by atoms with E-state index in [4.69, 9.17) is 0 Å². The topological polar surface area (TPSA) is 12.9 Å². The van der Waals surface area contributed by atoms with Crippen molar-refractivity contribution < 1.29 is 13.2 Å². The standard InChI is InChI=1S/C12H9F3IN/c13-4-7-1-9(16)3-11-12(7)8(5-14)2-10(6-15)17-11/h1-3H,4-6H2. The van der Waals surface area contributed by atoms with Crippen LogP contribution in [0.3, 0.4) is 0 Å². The number of pyridine rings is 1. The summed E-state index contributed by atoms with van der Waals surface area (Å²) in [6.07, 6.45) is 0. The fourth-order valence-corrected chi connectivity index (χ4v) is 2.52. The van der Waals surface area contributed by atoms with Gasteiger partial charge in [-0.15, -0.1) is 0 Å². The van der Waals surface area contributed by atoms with E-state index >= 15 is 0 Å². The minimum absolute atomic E-state index is 0.178. The molecule has 17 heavy (non-hydrogen) atoms. The van der Waals surface area contributed by atoms with E-state index in [-0.39, 0.29) is 5.69 Å². The molecule has 0 atom stereocenters. The molecule has 0 saturated carbocycles. The third-order valence-corrected chi connectivity index (χ3v) is 3.14. The second-order valence-corrected chi connectivity index (χ2v) is 4.88. The van der Waals surface area contributed by atoms with E-state index in [1.807, 2.05) is 22.6 Å². The van der Waals surface area contributed by atoms with Crippen molar-refractivity contribution in [3.05, 3.63) is 38.6 Å². The summed E-state index contributed by atoms with van der Waals surface area (Å²) in [7, 11) is 0. The Morgan fingerprint density at radius 2 is 1.59 bits per heavy atom. The molecule has 0 unspecified atom stereocenters. The van der Waals surface area contributed by atoms with Gasteiger partial charge in [0, 0.05) is 8.96 Å². The van der Waals surface area contributed by atoms with Crippen LogP contribution in [0.5, 0.6) is 0 Å². The number of halogens is 4. The van der Waals surface area contributed by atoms with Gasteiger partial charge >= 0.3 is 0 Å². The predicted molar refractivity (Wildman–Crippen MR) is 68.9 cm³/mol.